The van der Waals surface area contributed by atoms with Gasteiger partial charge in [-0.1, -0.05) is 44.2 Å². The van der Waals surface area contributed by atoms with Crippen LogP contribution in [0.2, 0.25) is 0 Å². The highest BCUT2D eigenvalue weighted by molar-refractivity contribution is 5.88. The van der Waals surface area contributed by atoms with Crippen molar-refractivity contribution in [1.82, 2.24) is 24.6 Å². The summed E-state index contributed by atoms with van der Waals surface area (Å²) < 4.78 is 15.2. The van der Waals surface area contributed by atoms with Crippen molar-refractivity contribution in [3.63, 3.8) is 0 Å². The highest BCUT2D eigenvalue weighted by atomic mass is 19.1. The lowest BCUT2D eigenvalue weighted by molar-refractivity contribution is 0.285. The number of benzene rings is 2. The van der Waals surface area contributed by atoms with Gasteiger partial charge in [0.1, 0.15) is 17.5 Å². The van der Waals surface area contributed by atoms with Crippen LogP contribution in [0.4, 0.5) is 10.2 Å². The summed E-state index contributed by atoms with van der Waals surface area (Å²) in [6.07, 6.45) is 3.77. The zero-order valence-electron chi connectivity index (χ0n) is 19.9. The van der Waals surface area contributed by atoms with Gasteiger partial charge in [0.25, 0.3) is 0 Å². The molecule has 0 aliphatic carbocycles. The van der Waals surface area contributed by atoms with Crippen LogP contribution in [0.5, 0.6) is 0 Å². The zero-order valence-corrected chi connectivity index (χ0v) is 19.9. The summed E-state index contributed by atoms with van der Waals surface area (Å²) >= 11 is 0. The van der Waals surface area contributed by atoms with Crippen LogP contribution in [-0.2, 0) is 13.0 Å². The average molecular weight is 459 g/mol. The van der Waals surface area contributed by atoms with Gasteiger partial charge < -0.3 is 4.90 Å². The second-order valence-corrected chi connectivity index (χ2v) is 9.43. The standard InChI is InChI=1S/C27H31FN6/c1-20(2)17-25-30-26(24-18-29-34(27(24)31-25)23-7-4-3-5-8-23)33-14-6-13-32(15-16-33)19-21-9-11-22(28)12-10-21/h3-5,7-12,18,20H,6,13-17,19H2,1-2H3. The third-order valence-electron chi connectivity index (χ3n) is 6.25. The minimum Gasteiger partial charge on any atom is -0.355 e. The van der Waals surface area contributed by atoms with Crippen LogP contribution in [0, 0.1) is 11.7 Å². The lowest BCUT2D eigenvalue weighted by Crippen LogP contribution is -2.31. The van der Waals surface area contributed by atoms with Crippen molar-refractivity contribution in [3.05, 3.63) is 78.0 Å². The lowest BCUT2D eigenvalue weighted by atomic mass is 10.1. The van der Waals surface area contributed by atoms with Gasteiger partial charge in [-0.3, -0.25) is 4.90 Å². The van der Waals surface area contributed by atoms with Crippen LogP contribution in [0.25, 0.3) is 16.7 Å². The largest absolute Gasteiger partial charge is 0.355 e. The second kappa shape index (κ2) is 9.89. The first-order valence-corrected chi connectivity index (χ1v) is 12.1. The number of nitrogens with zero attached hydrogens (tertiary/aromatic N) is 6. The molecule has 0 N–H and O–H groups in total. The van der Waals surface area contributed by atoms with Crippen molar-refractivity contribution in [3.8, 4) is 5.69 Å². The maximum atomic E-state index is 13.3. The van der Waals surface area contributed by atoms with Gasteiger partial charge in [-0.2, -0.15) is 5.10 Å². The Kier molecular flexibility index (Phi) is 6.54. The Hall–Kier alpha value is -3.32. The van der Waals surface area contributed by atoms with E-state index in [1.165, 1.54) is 12.1 Å². The van der Waals surface area contributed by atoms with E-state index in [0.29, 0.717) is 5.92 Å². The Labute approximate surface area is 200 Å². The van der Waals surface area contributed by atoms with Gasteiger partial charge in [-0.25, -0.2) is 19.0 Å². The number of hydrogen-bond donors (Lipinski definition) is 0. The van der Waals surface area contributed by atoms with Crippen LogP contribution in [0.1, 0.15) is 31.7 Å². The fraction of sp³-hybridized carbons (Fsp3) is 0.370. The van der Waals surface area contributed by atoms with Crippen molar-refractivity contribution in [2.45, 2.75) is 33.2 Å². The van der Waals surface area contributed by atoms with Crippen molar-refractivity contribution >= 4 is 16.9 Å². The molecule has 5 rings (SSSR count). The van der Waals surface area contributed by atoms with E-state index >= 15 is 0 Å². The van der Waals surface area contributed by atoms with Crippen molar-refractivity contribution in [2.75, 3.05) is 31.1 Å². The first-order valence-electron chi connectivity index (χ1n) is 12.1. The van der Waals surface area contributed by atoms with Crippen molar-refractivity contribution in [2.24, 2.45) is 5.92 Å². The number of aromatic nitrogens is 4. The van der Waals surface area contributed by atoms with E-state index in [0.717, 1.165) is 79.5 Å². The van der Waals surface area contributed by atoms with E-state index in [2.05, 4.69) is 40.9 Å². The molecule has 3 heterocycles. The third kappa shape index (κ3) is 4.94. The number of fused-ring (bicyclic) bond motifs is 1. The molecule has 0 unspecified atom stereocenters. The normalized spacial score (nSPS) is 15.2. The van der Waals surface area contributed by atoms with Gasteiger partial charge in [-0.15, -0.1) is 0 Å². The van der Waals surface area contributed by atoms with Crippen LogP contribution < -0.4 is 4.90 Å². The molecular weight excluding hydrogens is 427 g/mol. The predicted molar refractivity (Wildman–Crippen MR) is 134 cm³/mol. The SMILES string of the molecule is CC(C)Cc1nc(N2CCCN(Cc3ccc(F)cc3)CC2)c2cnn(-c3ccccc3)c2n1. The highest BCUT2D eigenvalue weighted by Gasteiger charge is 2.22. The molecular formula is C27H31FN6. The number of anilines is 1. The number of rotatable bonds is 6. The average Bonchev–Trinajstić information content (AvgIpc) is 3.12. The fourth-order valence-corrected chi connectivity index (χ4v) is 4.58. The second-order valence-electron chi connectivity index (χ2n) is 9.43. The van der Waals surface area contributed by atoms with E-state index in [9.17, 15) is 4.39 Å². The lowest BCUT2D eigenvalue weighted by Gasteiger charge is -2.24. The summed E-state index contributed by atoms with van der Waals surface area (Å²) in [6.45, 7) is 8.97. The van der Waals surface area contributed by atoms with Gasteiger partial charge in [0.05, 0.1) is 17.3 Å². The molecule has 0 atom stereocenters. The molecule has 34 heavy (non-hydrogen) atoms. The molecule has 2 aromatic carbocycles. The van der Waals surface area contributed by atoms with E-state index in [-0.39, 0.29) is 5.82 Å². The molecule has 1 saturated heterocycles. The molecule has 0 bridgehead atoms. The van der Waals surface area contributed by atoms with Crippen LogP contribution in [-0.4, -0.2) is 50.8 Å². The Balaban J connectivity index is 1.44. The monoisotopic (exact) mass is 458 g/mol. The number of hydrogen-bond acceptors (Lipinski definition) is 5. The predicted octanol–water partition coefficient (Wildman–Crippen LogP) is 4.87. The van der Waals surface area contributed by atoms with E-state index < -0.39 is 0 Å². The Morgan fingerprint density at radius 1 is 0.912 bits per heavy atom. The molecule has 0 saturated carbocycles. The fourth-order valence-electron chi connectivity index (χ4n) is 4.58. The highest BCUT2D eigenvalue weighted by Crippen LogP contribution is 2.27. The van der Waals surface area contributed by atoms with Crippen LogP contribution >= 0.6 is 0 Å². The molecule has 7 heteroatoms. The van der Waals surface area contributed by atoms with Crippen LogP contribution in [0.15, 0.2) is 60.8 Å². The van der Waals surface area contributed by atoms with Crippen LogP contribution in [0.3, 0.4) is 0 Å². The minimum atomic E-state index is -0.188. The van der Waals surface area contributed by atoms with Gasteiger partial charge in [0.2, 0.25) is 0 Å². The topological polar surface area (TPSA) is 50.1 Å². The Morgan fingerprint density at radius 3 is 2.47 bits per heavy atom. The molecule has 2 aromatic heterocycles. The molecule has 176 valence electrons. The quantitative estimate of drug-likeness (QED) is 0.413. The van der Waals surface area contributed by atoms with E-state index in [1.807, 2.05) is 41.2 Å². The first kappa shape index (κ1) is 22.5. The zero-order chi connectivity index (χ0) is 23.5. The maximum Gasteiger partial charge on any atom is 0.168 e. The molecule has 1 aliphatic heterocycles. The third-order valence-corrected chi connectivity index (χ3v) is 6.25. The summed E-state index contributed by atoms with van der Waals surface area (Å²) in [5.41, 5.74) is 3.00. The smallest absolute Gasteiger partial charge is 0.168 e. The van der Waals surface area contributed by atoms with E-state index in [4.69, 9.17) is 9.97 Å². The molecule has 0 amide bonds. The Morgan fingerprint density at radius 2 is 1.71 bits per heavy atom. The van der Waals surface area contributed by atoms with Crippen molar-refractivity contribution in [1.29, 1.82) is 0 Å². The van der Waals surface area contributed by atoms with E-state index in [1.54, 1.807) is 0 Å². The van der Waals surface area contributed by atoms with Gasteiger partial charge in [0, 0.05) is 39.1 Å². The first-order chi connectivity index (χ1) is 16.6. The molecule has 6 nitrogen and oxygen atoms in total. The summed E-state index contributed by atoms with van der Waals surface area (Å²) in [4.78, 5) is 14.8. The van der Waals surface area contributed by atoms with Gasteiger partial charge in [0.15, 0.2) is 5.65 Å². The summed E-state index contributed by atoms with van der Waals surface area (Å²) in [5, 5.41) is 5.68. The number of halogens is 1. The molecule has 0 radical (unpaired) electrons. The summed E-state index contributed by atoms with van der Waals surface area (Å²) in [7, 11) is 0. The van der Waals surface area contributed by atoms with Gasteiger partial charge >= 0.3 is 0 Å². The number of para-hydroxylation sites is 1. The summed E-state index contributed by atoms with van der Waals surface area (Å²) in [5.74, 6) is 2.12. The minimum absolute atomic E-state index is 0.188. The molecule has 1 aliphatic rings. The summed E-state index contributed by atoms with van der Waals surface area (Å²) in [6, 6.07) is 17.0. The maximum absolute atomic E-state index is 13.3. The molecule has 4 aromatic rings. The van der Waals surface area contributed by atoms with Crippen molar-refractivity contribution < 1.29 is 4.39 Å². The molecule has 0 spiro atoms. The van der Waals surface area contributed by atoms with Gasteiger partial charge in [-0.05, 0) is 42.2 Å². The molecule has 1 fully saturated rings. The Bertz CT molecular complexity index is 1240.